The molecule has 0 aliphatic heterocycles. The maximum absolute atomic E-state index is 13.7. The highest BCUT2D eigenvalue weighted by atomic mass is 19.1. The fourth-order valence-electron chi connectivity index (χ4n) is 2.75. The molecule has 0 bridgehead atoms. The largest absolute Gasteiger partial charge is 0.377 e. The Morgan fingerprint density at radius 2 is 2.05 bits per heavy atom. The van der Waals surface area contributed by atoms with Gasteiger partial charge in [-0.2, -0.15) is 0 Å². The highest BCUT2D eigenvalue weighted by Gasteiger charge is 2.16. The van der Waals surface area contributed by atoms with E-state index in [2.05, 4.69) is 12.2 Å². The molecule has 0 radical (unpaired) electrons. The summed E-state index contributed by atoms with van der Waals surface area (Å²) in [6, 6.07) is 7.07. The van der Waals surface area contributed by atoms with Crippen molar-refractivity contribution in [3.05, 3.63) is 35.6 Å². The van der Waals surface area contributed by atoms with Crippen LogP contribution in [-0.2, 0) is 4.74 Å². The quantitative estimate of drug-likeness (QED) is 0.757. The lowest BCUT2D eigenvalue weighted by Gasteiger charge is -2.19. The molecule has 0 spiro atoms. The molecular weight excluding hydrogens is 241 g/mol. The van der Waals surface area contributed by atoms with E-state index in [1.165, 1.54) is 31.7 Å². The van der Waals surface area contributed by atoms with Crippen molar-refractivity contribution in [2.24, 2.45) is 0 Å². The molecule has 1 aliphatic carbocycles. The Bertz CT molecular complexity index is 377. The Morgan fingerprint density at radius 3 is 2.74 bits per heavy atom. The zero-order chi connectivity index (χ0) is 13.5. The van der Waals surface area contributed by atoms with Crippen molar-refractivity contribution in [2.45, 2.75) is 51.2 Å². The van der Waals surface area contributed by atoms with Crippen LogP contribution in [0.5, 0.6) is 0 Å². The van der Waals surface area contributed by atoms with E-state index < -0.39 is 0 Å². The minimum Gasteiger partial charge on any atom is -0.377 e. The second-order valence-electron chi connectivity index (χ2n) is 5.21. The van der Waals surface area contributed by atoms with E-state index in [1.807, 2.05) is 12.1 Å². The van der Waals surface area contributed by atoms with Crippen molar-refractivity contribution in [3.63, 3.8) is 0 Å². The number of ether oxygens (including phenoxy) is 1. The second-order valence-corrected chi connectivity index (χ2v) is 5.21. The maximum atomic E-state index is 13.7. The Hall–Kier alpha value is -0.930. The molecule has 3 heteroatoms. The maximum Gasteiger partial charge on any atom is 0.127 e. The van der Waals surface area contributed by atoms with Crippen LogP contribution in [0.3, 0.4) is 0 Å². The Kier molecular flexibility index (Phi) is 5.80. The van der Waals surface area contributed by atoms with Crippen LogP contribution in [0.2, 0.25) is 0 Å². The van der Waals surface area contributed by atoms with Gasteiger partial charge in [-0.25, -0.2) is 4.39 Å². The molecular formula is C16H24FNO. The Morgan fingerprint density at radius 1 is 1.32 bits per heavy atom. The van der Waals surface area contributed by atoms with Gasteiger partial charge in [0.1, 0.15) is 5.82 Å². The van der Waals surface area contributed by atoms with Gasteiger partial charge < -0.3 is 10.1 Å². The van der Waals surface area contributed by atoms with Gasteiger partial charge in [0.15, 0.2) is 0 Å². The van der Waals surface area contributed by atoms with E-state index in [0.717, 1.165) is 25.1 Å². The first-order chi connectivity index (χ1) is 9.31. The lowest BCUT2D eigenvalue weighted by Crippen LogP contribution is -2.27. The first kappa shape index (κ1) is 14.5. The van der Waals surface area contributed by atoms with Gasteiger partial charge in [-0.05, 0) is 25.3 Å². The smallest absolute Gasteiger partial charge is 0.127 e. The van der Waals surface area contributed by atoms with E-state index in [0.29, 0.717) is 6.10 Å². The fraction of sp³-hybridized carbons (Fsp3) is 0.625. The predicted octanol–water partition coefficient (Wildman–Crippen LogP) is 3.83. The zero-order valence-electron chi connectivity index (χ0n) is 11.7. The van der Waals surface area contributed by atoms with Gasteiger partial charge in [-0.15, -0.1) is 0 Å². The topological polar surface area (TPSA) is 21.3 Å². The van der Waals surface area contributed by atoms with Gasteiger partial charge in [0.05, 0.1) is 12.7 Å². The molecule has 0 heterocycles. The molecule has 1 N–H and O–H groups in total. The predicted molar refractivity (Wildman–Crippen MR) is 75.6 cm³/mol. The Labute approximate surface area is 115 Å². The molecule has 1 aromatic rings. The molecule has 0 amide bonds. The number of hydrogen-bond acceptors (Lipinski definition) is 2. The van der Waals surface area contributed by atoms with Crippen LogP contribution >= 0.6 is 0 Å². The number of hydrogen-bond donors (Lipinski definition) is 1. The van der Waals surface area contributed by atoms with Gasteiger partial charge in [0.25, 0.3) is 0 Å². The third kappa shape index (κ3) is 4.29. The van der Waals surface area contributed by atoms with E-state index in [9.17, 15) is 4.39 Å². The number of benzene rings is 1. The minimum atomic E-state index is -0.126. The SMILES string of the molecule is CCC(NCCOC1CCCC1)c1ccccc1F. The van der Waals surface area contributed by atoms with Crippen molar-refractivity contribution >= 4 is 0 Å². The zero-order valence-corrected chi connectivity index (χ0v) is 11.7. The first-order valence-corrected chi connectivity index (χ1v) is 7.40. The third-order valence-electron chi connectivity index (χ3n) is 3.84. The number of rotatable bonds is 7. The normalized spacial score (nSPS) is 17.8. The summed E-state index contributed by atoms with van der Waals surface area (Å²) in [4.78, 5) is 0. The van der Waals surface area contributed by atoms with E-state index >= 15 is 0 Å². The number of halogens is 1. The molecule has 1 aromatic carbocycles. The summed E-state index contributed by atoms with van der Waals surface area (Å²) >= 11 is 0. The highest BCUT2D eigenvalue weighted by Crippen LogP contribution is 2.21. The average molecular weight is 265 g/mol. The first-order valence-electron chi connectivity index (χ1n) is 7.40. The van der Waals surface area contributed by atoms with Crippen LogP contribution in [-0.4, -0.2) is 19.3 Å². The summed E-state index contributed by atoms with van der Waals surface area (Å²) < 4.78 is 19.5. The van der Waals surface area contributed by atoms with Gasteiger partial charge >= 0.3 is 0 Å². The third-order valence-corrected chi connectivity index (χ3v) is 3.84. The van der Waals surface area contributed by atoms with Crippen molar-refractivity contribution < 1.29 is 9.13 Å². The van der Waals surface area contributed by atoms with E-state index in [4.69, 9.17) is 4.74 Å². The van der Waals surface area contributed by atoms with Gasteiger partial charge in [0.2, 0.25) is 0 Å². The van der Waals surface area contributed by atoms with Crippen molar-refractivity contribution in [1.29, 1.82) is 0 Å². The molecule has 19 heavy (non-hydrogen) atoms. The molecule has 1 aliphatic rings. The summed E-state index contributed by atoms with van der Waals surface area (Å²) in [7, 11) is 0. The lowest BCUT2D eigenvalue weighted by molar-refractivity contribution is 0.0590. The van der Waals surface area contributed by atoms with Gasteiger partial charge in [-0.1, -0.05) is 38.0 Å². The molecule has 0 saturated heterocycles. The lowest BCUT2D eigenvalue weighted by atomic mass is 10.0. The van der Waals surface area contributed by atoms with Crippen LogP contribution in [0.1, 0.15) is 50.6 Å². The van der Waals surface area contributed by atoms with E-state index in [-0.39, 0.29) is 11.9 Å². The van der Waals surface area contributed by atoms with Gasteiger partial charge in [-0.3, -0.25) is 0 Å². The summed E-state index contributed by atoms with van der Waals surface area (Å²) in [6.07, 6.45) is 6.32. The molecule has 2 rings (SSSR count). The monoisotopic (exact) mass is 265 g/mol. The molecule has 1 saturated carbocycles. The van der Waals surface area contributed by atoms with Crippen molar-refractivity contribution in [3.8, 4) is 0 Å². The van der Waals surface area contributed by atoms with Gasteiger partial charge in [0, 0.05) is 18.2 Å². The molecule has 1 fully saturated rings. The average Bonchev–Trinajstić information content (AvgIpc) is 2.93. The highest BCUT2D eigenvalue weighted by molar-refractivity contribution is 5.21. The fourth-order valence-corrected chi connectivity index (χ4v) is 2.75. The van der Waals surface area contributed by atoms with Crippen LogP contribution in [0.25, 0.3) is 0 Å². The minimum absolute atomic E-state index is 0.0772. The summed E-state index contributed by atoms with van der Waals surface area (Å²) in [6.45, 7) is 3.57. The van der Waals surface area contributed by atoms with Crippen molar-refractivity contribution in [2.75, 3.05) is 13.2 Å². The summed E-state index contributed by atoms with van der Waals surface area (Å²) in [5, 5.41) is 3.39. The Balaban J connectivity index is 1.74. The number of nitrogens with one attached hydrogen (secondary N) is 1. The molecule has 0 aromatic heterocycles. The summed E-state index contributed by atoms with van der Waals surface area (Å²) in [5.41, 5.74) is 0.755. The van der Waals surface area contributed by atoms with Crippen LogP contribution < -0.4 is 5.32 Å². The van der Waals surface area contributed by atoms with E-state index in [1.54, 1.807) is 6.07 Å². The van der Waals surface area contributed by atoms with Crippen molar-refractivity contribution in [1.82, 2.24) is 5.32 Å². The molecule has 1 unspecified atom stereocenters. The van der Waals surface area contributed by atoms with Crippen LogP contribution in [0.15, 0.2) is 24.3 Å². The molecule has 106 valence electrons. The summed E-state index contributed by atoms with van der Waals surface area (Å²) in [5.74, 6) is -0.126. The van der Waals surface area contributed by atoms with Crippen LogP contribution in [0.4, 0.5) is 4.39 Å². The van der Waals surface area contributed by atoms with Crippen LogP contribution in [0, 0.1) is 5.82 Å². The molecule has 2 nitrogen and oxygen atoms in total. The standard InChI is InChI=1S/C16H24FNO/c1-2-16(14-9-5-6-10-15(14)17)18-11-12-19-13-7-3-4-8-13/h5-6,9-10,13,16,18H,2-4,7-8,11-12H2,1H3. The second kappa shape index (κ2) is 7.61. The molecule has 1 atom stereocenters.